The van der Waals surface area contributed by atoms with Gasteiger partial charge in [0, 0.05) is 76.6 Å². The Balaban J connectivity index is 0.000000195. The number of aryl methyl sites for hydroxylation is 6. The standard InChI is InChI=1S/C24H32N2O2.C23H28N2O.C18H21NO2.C13H13NS/c1-15-10-19(26(9)28)11-16(2)21(15)25-14-17-12-18(23(3,4)5)13-20(22(17)27)24(6,7)8;1-4-5-13-19(16-18-11-7-6-8-12-18)23-24-21(17-25(23)2)20-14-9-10-15-22(20)26-3;1-12-8-13(2)18(14(3)9-12)19-11-15-10-16(20-4)6-7-17(15)21-5;1-15-13-10-6-5-9-12(13)14-11-7-3-2-4-8-11/h10-14,27H,9H2,1-8H3;6-12,14-15,17,19H,4-5,13,16H2,1-3H3;6-11H,1-5H3;2-10,14H,1H3. The molecule has 8 aromatic carbocycles. The fraction of sp³-hybridized carbons (Fsp3) is 0.308. The summed E-state index contributed by atoms with van der Waals surface area (Å²) >= 11 is 1.75. The molecule has 0 saturated heterocycles. The smallest absolute Gasteiger partial charge is 0.216 e. The molecule has 1 atom stereocenters. The van der Waals surface area contributed by atoms with Crippen molar-refractivity contribution in [2.45, 2.75) is 130 Å². The van der Waals surface area contributed by atoms with Crippen LogP contribution in [0.4, 0.5) is 28.4 Å². The van der Waals surface area contributed by atoms with Crippen LogP contribution in [-0.2, 0) is 24.3 Å². The quantitative estimate of drug-likeness (QED) is 0.0286. The van der Waals surface area contributed by atoms with E-state index in [1.54, 1.807) is 51.4 Å². The molecule has 1 heterocycles. The molecule has 9 rings (SSSR count). The normalized spacial score (nSPS) is 11.6. The number of para-hydroxylation sites is 3. The number of hydrogen-bond donors (Lipinski definition) is 2. The van der Waals surface area contributed by atoms with Crippen molar-refractivity contribution in [1.29, 1.82) is 0 Å². The van der Waals surface area contributed by atoms with Crippen LogP contribution in [0.25, 0.3) is 11.3 Å². The number of phenols is 1. The molecule has 0 amide bonds. The summed E-state index contributed by atoms with van der Waals surface area (Å²) in [5.41, 5.74) is 16.8. The lowest BCUT2D eigenvalue weighted by atomic mass is 9.79. The van der Waals surface area contributed by atoms with Gasteiger partial charge in [0.05, 0.1) is 44.1 Å². The Kier molecular flexibility index (Phi) is 25.8. The third-order valence-corrected chi connectivity index (χ3v) is 16.2. The van der Waals surface area contributed by atoms with Gasteiger partial charge in [-0.05, 0) is 159 Å². The minimum Gasteiger partial charge on any atom is -0.619 e. The van der Waals surface area contributed by atoms with E-state index in [-0.39, 0.29) is 16.6 Å². The molecule has 0 aliphatic carbocycles. The minimum atomic E-state index is -0.187. The number of nitrogens with one attached hydrogen (secondary N) is 1. The predicted molar refractivity (Wildman–Crippen MR) is 382 cm³/mol. The molecule has 2 N–H and O–H groups in total. The molecule has 0 aliphatic rings. The van der Waals surface area contributed by atoms with Gasteiger partial charge in [-0.2, -0.15) is 4.74 Å². The van der Waals surface area contributed by atoms with Crippen molar-refractivity contribution in [3.63, 3.8) is 0 Å². The first-order valence-corrected chi connectivity index (χ1v) is 31.9. The van der Waals surface area contributed by atoms with Crippen LogP contribution in [0, 0.1) is 39.8 Å². The number of phenolic OH excluding ortho intramolecular Hbond substituents is 1. The van der Waals surface area contributed by atoms with Gasteiger partial charge in [0.15, 0.2) is 0 Å². The molecule has 12 heteroatoms. The Morgan fingerprint density at radius 2 is 1.24 bits per heavy atom. The number of anilines is 2. The predicted octanol–water partition coefficient (Wildman–Crippen LogP) is 20.3. The molecule has 0 aliphatic heterocycles. The first-order valence-electron chi connectivity index (χ1n) is 30.7. The van der Waals surface area contributed by atoms with Gasteiger partial charge in [0.1, 0.15) is 35.5 Å². The Morgan fingerprint density at radius 1 is 0.678 bits per heavy atom. The summed E-state index contributed by atoms with van der Waals surface area (Å²) in [4.78, 5) is 15.6. The van der Waals surface area contributed by atoms with E-state index in [4.69, 9.17) is 19.2 Å². The summed E-state index contributed by atoms with van der Waals surface area (Å²) in [5.74, 6) is 4.27. The summed E-state index contributed by atoms with van der Waals surface area (Å²) in [6, 6.07) is 54.9. The van der Waals surface area contributed by atoms with Crippen molar-refractivity contribution in [3.05, 3.63) is 237 Å². The zero-order valence-corrected chi connectivity index (χ0v) is 57.0. The highest BCUT2D eigenvalue weighted by Crippen LogP contribution is 2.39. The average molecular weight is 1230 g/mol. The molecule has 1 unspecified atom stereocenters. The molecule has 0 spiro atoms. The molecule has 11 nitrogen and oxygen atoms in total. The van der Waals surface area contributed by atoms with Crippen LogP contribution in [-0.4, -0.2) is 66.1 Å². The van der Waals surface area contributed by atoms with Crippen LogP contribution in [0.5, 0.6) is 23.0 Å². The largest absolute Gasteiger partial charge is 0.619 e. The Bertz CT molecular complexity index is 3810. The molecular weight excluding hydrogens is 1130 g/mol. The fourth-order valence-corrected chi connectivity index (χ4v) is 11.1. The second-order valence-electron chi connectivity index (χ2n) is 24.7. The van der Waals surface area contributed by atoms with Crippen LogP contribution in [0.15, 0.2) is 185 Å². The van der Waals surface area contributed by atoms with E-state index in [1.165, 1.54) is 40.0 Å². The van der Waals surface area contributed by atoms with E-state index in [1.807, 2.05) is 86.8 Å². The van der Waals surface area contributed by atoms with E-state index < -0.39 is 0 Å². The number of benzene rings is 8. The average Bonchev–Trinajstić information content (AvgIpc) is 0.967. The Morgan fingerprint density at radius 3 is 1.81 bits per heavy atom. The van der Waals surface area contributed by atoms with E-state index in [0.29, 0.717) is 21.9 Å². The van der Waals surface area contributed by atoms with Gasteiger partial charge in [0.2, 0.25) is 5.69 Å². The third-order valence-electron chi connectivity index (χ3n) is 15.4. The number of imidazole rings is 1. The first kappa shape index (κ1) is 70.2. The number of unbranched alkanes of at least 4 members (excludes halogenated alkanes) is 1. The van der Waals surface area contributed by atoms with Crippen molar-refractivity contribution >= 4 is 59.3 Å². The van der Waals surface area contributed by atoms with Crippen molar-refractivity contribution in [2.75, 3.05) is 32.9 Å². The summed E-state index contributed by atoms with van der Waals surface area (Å²) in [5, 5.41) is 25.8. The zero-order chi connectivity index (χ0) is 65.7. The number of nitrogens with zero attached hydrogens (tertiary/aromatic N) is 5. The van der Waals surface area contributed by atoms with Gasteiger partial charge in [-0.3, -0.25) is 9.98 Å². The van der Waals surface area contributed by atoms with Crippen LogP contribution in [0.1, 0.15) is 135 Å². The maximum absolute atomic E-state index is 11.5. The van der Waals surface area contributed by atoms with E-state index in [0.717, 1.165) is 97.7 Å². The van der Waals surface area contributed by atoms with Crippen LogP contribution >= 0.6 is 11.8 Å². The van der Waals surface area contributed by atoms with Gasteiger partial charge < -0.3 is 34.4 Å². The first-order chi connectivity index (χ1) is 42.9. The Hall–Kier alpha value is -8.87. The topological polar surface area (TPSA) is 129 Å². The number of aliphatic imine (C=N–C) groups is 2. The minimum absolute atomic E-state index is 0.0461. The summed E-state index contributed by atoms with van der Waals surface area (Å²) < 4.78 is 18.9. The molecule has 0 saturated carbocycles. The number of thioether (sulfide) groups is 1. The number of rotatable bonds is 18. The van der Waals surface area contributed by atoms with E-state index in [9.17, 15) is 10.3 Å². The van der Waals surface area contributed by atoms with E-state index >= 15 is 0 Å². The lowest BCUT2D eigenvalue weighted by Gasteiger charge is -2.27. The number of hydrogen-bond acceptors (Lipinski definition) is 10. The maximum atomic E-state index is 11.5. The molecule has 0 bridgehead atoms. The van der Waals surface area contributed by atoms with Crippen molar-refractivity contribution in [3.8, 4) is 34.3 Å². The molecule has 9 aromatic rings. The Labute approximate surface area is 541 Å². The highest BCUT2D eigenvalue weighted by molar-refractivity contribution is 7.98. The van der Waals surface area contributed by atoms with Gasteiger partial charge in [-0.25, -0.2) is 4.98 Å². The third kappa shape index (κ3) is 19.8. The number of aromatic hydroxyl groups is 1. The van der Waals surface area contributed by atoms with E-state index in [2.05, 4.69) is 200 Å². The molecule has 90 heavy (non-hydrogen) atoms. The molecule has 472 valence electrons. The van der Waals surface area contributed by atoms with Crippen molar-refractivity contribution in [2.24, 2.45) is 17.0 Å². The highest BCUT2D eigenvalue weighted by atomic mass is 32.2. The molecular formula is C78H94N6O5S. The summed E-state index contributed by atoms with van der Waals surface area (Å²) in [7, 11) is 7.12. The second-order valence-corrected chi connectivity index (χ2v) is 25.5. The monoisotopic (exact) mass is 1230 g/mol. The van der Waals surface area contributed by atoms with Crippen LogP contribution in [0.3, 0.4) is 0 Å². The van der Waals surface area contributed by atoms with Gasteiger partial charge in [-0.15, -0.1) is 11.8 Å². The summed E-state index contributed by atoms with van der Waals surface area (Å²) in [6.45, 7) is 28.5. The SMILES string of the molecule is C=[N+]([O-])c1cc(C)c(N=Cc2cc(C(C)(C)C)cc(C(C)(C)C)c2O)c(C)c1.CCCCC(Cc1ccccc1)c1nc(-c2ccccc2OC)cn1C.COc1ccc(OC)c(C=Nc2c(C)cc(C)cc2C)c1.CSc1ccccc1Nc1ccccc1. The lowest BCUT2D eigenvalue weighted by Crippen LogP contribution is -2.17. The molecule has 0 radical (unpaired) electrons. The second kappa shape index (κ2) is 33.1. The van der Waals surface area contributed by atoms with Gasteiger partial charge >= 0.3 is 0 Å². The number of aromatic nitrogens is 2. The van der Waals surface area contributed by atoms with Crippen molar-refractivity contribution < 1.29 is 24.1 Å². The number of ether oxygens (including phenoxy) is 3. The summed E-state index contributed by atoms with van der Waals surface area (Å²) in [6.07, 6.45) is 12.4. The van der Waals surface area contributed by atoms with Gasteiger partial charge in [-0.1, -0.05) is 158 Å². The lowest BCUT2D eigenvalue weighted by molar-refractivity contribution is -0.349. The molecule has 1 aromatic heterocycles. The maximum Gasteiger partial charge on any atom is 0.216 e. The van der Waals surface area contributed by atoms with Crippen LogP contribution < -0.4 is 19.5 Å². The zero-order valence-electron chi connectivity index (χ0n) is 56.2. The number of methoxy groups -OCH3 is 3. The fourth-order valence-electron chi connectivity index (χ4n) is 10.6. The molecule has 0 fully saturated rings. The van der Waals surface area contributed by atoms with Crippen LogP contribution in [0.2, 0.25) is 0 Å². The van der Waals surface area contributed by atoms with Gasteiger partial charge in [0.25, 0.3) is 0 Å². The highest BCUT2D eigenvalue weighted by Gasteiger charge is 2.25. The van der Waals surface area contributed by atoms with Crippen molar-refractivity contribution in [1.82, 2.24) is 9.55 Å².